The maximum atomic E-state index is 12.2. The lowest BCUT2D eigenvalue weighted by Crippen LogP contribution is -2.18. The van der Waals surface area contributed by atoms with Crippen LogP contribution < -0.4 is 10.1 Å². The Kier molecular flexibility index (Phi) is 5.06. The normalized spacial score (nSPS) is 12.5. The minimum absolute atomic E-state index is 0.174. The smallest absolute Gasteiger partial charge is 0.387 e. The first-order valence-corrected chi connectivity index (χ1v) is 7.88. The van der Waals surface area contributed by atoms with Gasteiger partial charge in [-0.2, -0.15) is 8.78 Å². The molecule has 0 fully saturated rings. The van der Waals surface area contributed by atoms with Crippen LogP contribution in [-0.4, -0.2) is 6.61 Å². The van der Waals surface area contributed by atoms with Crippen molar-refractivity contribution in [2.45, 2.75) is 26.1 Å². The second kappa shape index (κ2) is 7.41. The molecule has 2 nitrogen and oxygen atoms in total. The Labute approximate surface area is 140 Å². The number of ether oxygens (including phenoxy) is 1. The van der Waals surface area contributed by atoms with E-state index in [2.05, 4.69) is 47.3 Å². The van der Waals surface area contributed by atoms with E-state index in [-0.39, 0.29) is 11.8 Å². The van der Waals surface area contributed by atoms with Gasteiger partial charge in [-0.3, -0.25) is 0 Å². The SMILES string of the molecule is CC(NCc1ccc(OC(F)F)cc1)c1cccc2ccccc12. The van der Waals surface area contributed by atoms with Gasteiger partial charge in [-0.05, 0) is 41.0 Å². The summed E-state index contributed by atoms with van der Waals surface area (Å²) in [6.07, 6.45) is 0. The molecular formula is C20H19F2NO. The topological polar surface area (TPSA) is 21.3 Å². The minimum atomic E-state index is -2.79. The van der Waals surface area contributed by atoms with Crippen LogP contribution in [-0.2, 0) is 6.54 Å². The van der Waals surface area contributed by atoms with Gasteiger partial charge in [0.15, 0.2) is 0 Å². The minimum Gasteiger partial charge on any atom is -0.435 e. The Bertz CT molecular complexity index is 797. The van der Waals surface area contributed by atoms with Crippen molar-refractivity contribution >= 4 is 10.8 Å². The van der Waals surface area contributed by atoms with Crippen molar-refractivity contribution < 1.29 is 13.5 Å². The van der Waals surface area contributed by atoms with E-state index < -0.39 is 6.61 Å². The molecular weight excluding hydrogens is 308 g/mol. The van der Waals surface area contributed by atoms with Gasteiger partial charge >= 0.3 is 6.61 Å². The molecule has 1 N–H and O–H groups in total. The molecule has 3 aromatic rings. The predicted molar refractivity (Wildman–Crippen MR) is 92.3 cm³/mol. The molecule has 3 aromatic carbocycles. The number of hydrogen-bond donors (Lipinski definition) is 1. The van der Waals surface area contributed by atoms with Crippen molar-refractivity contribution in [1.82, 2.24) is 5.32 Å². The van der Waals surface area contributed by atoms with E-state index in [1.807, 2.05) is 12.1 Å². The fourth-order valence-electron chi connectivity index (χ4n) is 2.80. The Balaban J connectivity index is 1.67. The number of benzene rings is 3. The predicted octanol–water partition coefficient (Wildman–Crippen LogP) is 5.29. The molecule has 0 aromatic heterocycles. The van der Waals surface area contributed by atoms with Crippen molar-refractivity contribution in [3.8, 4) is 5.75 Å². The number of rotatable bonds is 6. The first-order valence-electron chi connectivity index (χ1n) is 7.88. The van der Waals surface area contributed by atoms with Gasteiger partial charge in [0.2, 0.25) is 0 Å². The average Bonchev–Trinajstić information content (AvgIpc) is 2.60. The molecule has 3 rings (SSSR count). The van der Waals surface area contributed by atoms with E-state index in [0.29, 0.717) is 6.54 Å². The Morgan fingerprint density at radius 3 is 2.38 bits per heavy atom. The molecule has 0 aliphatic rings. The van der Waals surface area contributed by atoms with Crippen LogP contribution in [0.15, 0.2) is 66.7 Å². The maximum Gasteiger partial charge on any atom is 0.387 e. The first kappa shape index (κ1) is 16.4. The number of halogens is 2. The summed E-state index contributed by atoms with van der Waals surface area (Å²) in [4.78, 5) is 0. The van der Waals surface area contributed by atoms with Gasteiger partial charge in [0.05, 0.1) is 0 Å². The second-order valence-corrected chi connectivity index (χ2v) is 5.69. The van der Waals surface area contributed by atoms with Gasteiger partial charge in [0.1, 0.15) is 5.75 Å². The summed E-state index contributed by atoms with van der Waals surface area (Å²) in [6.45, 7) is -0.0181. The Morgan fingerprint density at radius 1 is 0.917 bits per heavy atom. The summed E-state index contributed by atoms with van der Waals surface area (Å²) in [7, 11) is 0. The maximum absolute atomic E-state index is 12.2. The van der Waals surface area contributed by atoms with Crippen LogP contribution in [0.5, 0.6) is 5.75 Å². The molecule has 0 amide bonds. The summed E-state index contributed by atoms with van der Waals surface area (Å²) < 4.78 is 28.7. The molecule has 0 saturated carbocycles. The third kappa shape index (κ3) is 3.89. The van der Waals surface area contributed by atoms with Crippen molar-refractivity contribution in [2.75, 3.05) is 0 Å². The Hall–Kier alpha value is -2.46. The van der Waals surface area contributed by atoms with Crippen molar-refractivity contribution in [1.29, 1.82) is 0 Å². The molecule has 1 unspecified atom stereocenters. The summed E-state index contributed by atoms with van der Waals surface area (Å²) in [6, 6.07) is 21.5. The molecule has 0 aliphatic carbocycles. The molecule has 0 spiro atoms. The zero-order chi connectivity index (χ0) is 16.9. The van der Waals surface area contributed by atoms with Gasteiger partial charge in [0.25, 0.3) is 0 Å². The van der Waals surface area contributed by atoms with Crippen LogP contribution in [0.4, 0.5) is 8.78 Å². The second-order valence-electron chi connectivity index (χ2n) is 5.69. The third-order valence-corrected chi connectivity index (χ3v) is 4.05. The fourth-order valence-corrected chi connectivity index (χ4v) is 2.80. The zero-order valence-electron chi connectivity index (χ0n) is 13.4. The number of hydrogen-bond acceptors (Lipinski definition) is 2. The molecule has 4 heteroatoms. The highest BCUT2D eigenvalue weighted by molar-refractivity contribution is 5.86. The van der Waals surface area contributed by atoms with E-state index >= 15 is 0 Å². The average molecular weight is 327 g/mol. The Morgan fingerprint density at radius 2 is 1.62 bits per heavy atom. The van der Waals surface area contributed by atoms with Gasteiger partial charge in [-0.15, -0.1) is 0 Å². The van der Waals surface area contributed by atoms with Crippen LogP contribution in [0.3, 0.4) is 0 Å². The third-order valence-electron chi connectivity index (χ3n) is 4.05. The quantitative estimate of drug-likeness (QED) is 0.664. The lowest BCUT2D eigenvalue weighted by Gasteiger charge is -2.17. The number of alkyl halides is 2. The van der Waals surface area contributed by atoms with E-state index in [1.54, 1.807) is 24.3 Å². The van der Waals surface area contributed by atoms with Gasteiger partial charge in [0, 0.05) is 12.6 Å². The molecule has 24 heavy (non-hydrogen) atoms. The number of fused-ring (bicyclic) bond motifs is 1. The van der Waals surface area contributed by atoms with Crippen LogP contribution in [0, 0.1) is 0 Å². The number of nitrogens with one attached hydrogen (secondary N) is 1. The molecule has 0 heterocycles. The van der Waals surface area contributed by atoms with Gasteiger partial charge < -0.3 is 10.1 Å². The van der Waals surface area contributed by atoms with Crippen LogP contribution in [0.25, 0.3) is 10.8 Å². The van der Waals surface area contributed by atoms with Crippen molar-refractivity contribution in [2.24, 2.45) is 0 Å². The van der Waals surface area contributed by atoms with E-state index in [0.717, 1.165) is 5.56 Å². The van der Waals surface area contributed by atoms with E-state index in [9.17, 15) is 8.78 Å². The van der Waals surface area contributed by atoms with Crippen LogP contribution >= 0.6 is 0 Å². The highest BCUT2D eigenvalue weighted by Crippen LogP contribution is 2.24. The molecule has 0 radical (unpaired) electrons. The fraction of sp³-hybridized carbons (Fsp3) is 0.200. The molecule has 0 saturated heterocycles. The van der Waals surface area contributed by atoms with E-state index in [4.69, 9.17) is 0 Å². The van der Waals surface area contributed by atoms with Crippen LogP contribution in [0.1, 0.15) is 24.1 Å². The largest absolute Gasteiger partial charge is 0.435 e. The molecule has 0 aliphatic heterocycles. The summed E-state index contributed by atoms with van der Waals surface area (Å²) >= 11 is 0. The van der Waals surface area contributed by atoms with Crippen LogP contribution in [0.2, 0.25) is 0 Å². The highest BCUT2D eigenvalue weighted by atomic mass is 19.3. The molecule has 124 valence electrons. The van der Waals surface area contributed by atoms with Crippen molar-refractivity contribution in [3.05, 3.63) is 77.9 Å². The lowest BCUT2D eigenvalue weighted by atomic mass is 9.99. The summed E-state index contributed by atoms with van der Waals surface area (Å²) in [5, 5.41) is 5.93. The van der Waals surface area contributed by atoms with Gasteiger partial charge in [-0.1, -0.05) is 54.6 Å². The molecule has 0 bridgehead atoms. The van der Waals surface area contributed by atoms with Gasteiger partial charge in [-0.25, -0.2) is 0 Å². The molecule has 1 atom stereocenters. The van der Waals surface area contributed by atoms with Crippen molar-refractivity contribution in [3.63, 3.8) is 0 Å². The zero-order valence-corrected chi connectivity index (χ0v) is 13.4. The van der Waals surface area contributed by atoms with E-state index in [1.165, 1.54) is 16.3 Å². The lowest BCUT2D eigenvalue weighted by molar-refractivity contribution is -0.0498. The highest BCUT2D eigenvalue weighted by Gasteiger charge is 2.09. The summed E-state index contributed by atoms with van der Waals surface area (Å²) in [5.74, 6) is 0.177. The standard InChI is InChI=1S/C20H19F2NO/c1-14(18-8-4-6-16-5-2-3-7-19(16)18)23-13-15-9-11-17(12-10-15)24-20(21)22/h2-12,14,20,23H,13H2,1H3. The first-order chi connectivity index (χ1) is 11.6. The summed E-state index contributed by atoms with van der Waals surface area (Å²) in [5.41, 5.74) is 2.26. The monoisotopic (exact) mass is 327 g/mol.